The number of carbonyl (C=O) groups excluding carboxylic acids is 1. The number of rotatable bonds is 4. The van der Waals surface area contributed by atoms with Gasteiger partial charge < -0.3 is 4.74 Å². The van der Waals surface area contributed by atoms with Crippen LogP contribution in [0.4, 0.5) is 0 Å². The van der Waals surface area contributed by atoms with Gasteiger partial charge in [0.05, 0.1) is 7.11 Å². The van der Waals surface area contributed by atoms with E-state index in [4.69, 9.17) is 5.90 Å². The number of hydrogen-bond acceptors (Lipinski definition) is 4. The fourth-order valence-electron chi connectivity index (χ4n) is 1.15. The molecule has 1 aromatic rings. The number of hydrogen-bond donors (Lipinski definition) is 1. The second kappa shape index (κ2) is 5.36. The normalized spacial score (nSPS) is 12.1. The van der Waals surface area contributed by atoms with Crippen molar-refractivity contribution < 1.29 is 14.4 Å². The molecule has 0 aliphatic rings. The molecule has 4 heteroatoms. The van der Waals surface area contributed by atoms with Crippen LogP contribution >= 0.6 is 0 Å². The fraction of sp³-hybridized carbons (Fsp3) is 0.300. The summed E-state index contributed by atoms with van der Waals surface area (Å²) in [6.45, 7) is 0. The third kappa shape index (κ3) is 2.83. The van der Waals surface area contributed by atoms with Gasteiger partial charge in [-0.2, -0.15) is 0 Å². The Bertz CT molecular complexity index is 287. The van der Waals surface area contributed by atoms with Gasteiger partial charge >= 0.3 is 5.97 Å². The van der Waals surface area contributed by atoms with E-state index >= 15 is 0 Å². The molecule has 0 saturated carbocycles. The molecule has 0 heterocycles. The van der Waals surface area contributed by atoms with Crippen molar-refractivity contribution in [1.29, 1.82) is 0 Å². The van der Waals surface area contributed by atoms with Crippen LogP contribution in [0.3, 0.4) is 0 Å². The van der Waals surface area contributed by atoms with Crippen molar-refractivity contribution in [3.63, 3.8) is 0 Å². The molecule has 0 aliphatic heterocycles. The molecule has 0 radical (unpaired) electrons. The van der Waals surface area contributed by atoms with Crippen LogP contribution in [0.5, 0.6) is 0 Å². The minimum absolute atomic E-state index is 0.421. The van der Waals surface area contributed by atoms with E-state index < -0.39 is 12.1 Å². The lowest BCUT2D eigenvalue weighted by Crippen LogP contribution is -2.30. The zero-order valence-corrected chi connectivity index (χ0v) is 7.97. The van der Waals surface area contributed by atoms with Gasteiger partial charge in [-0.25, -0.2) is 10.7 Å². The van der Waals surface area contributed by atoms with Gasteiger partial charge in [-0.15, -0.1) is 0 Å². The summed E-state index contributed by atoms with van der Waals surface area (Å²) >= 11 is 0. The Morgan fingerprint density at radius 2 is 2.07 bits per heavy atom. The predicted molar refractivity (Wildman–Crippen MR) is 51.2 cm³/mol. The molecule has 0 spiro atoms. The van der Waals surface area contributed by atoms with Crippen molar-refractivity contribution in [1.82, 2.24) is 0 Å². The van der Waals surface area contributed by atoms with Gasteiger partial charge in [-0.1, -0.05) is 30.3 Å². The quantitative estimate of drug-likeness (QED) is 0.566. The Labute approximate surface area is 82.6 Å². The minimum Gasteiger partial charge on any atom is -0.467 e. The SMILES string of the molecule is COC(=O)[C@H](Cc1ccccc1)ON. The Kier molecular flexibility index (Phi) is 4.10. The Balaban J connectivity index is 2.62. The molecule has 0 fully saturated rings. The molecule has 0 aromatic heterocycles. The number of benzene rings is 1. The third-order valence-electron chi connectivity index (χ3n) is 1.89. The van der Waals surface area contributed by atoms with E-state index in [9.17, 15) is 4.79 Å². The summed E-state index contributed by atoms with van der Waals surface area (Å²) in [4.78, 5) is 15.7. The maximum absolute atomic E-state index is 11.1. The number of esters is 1. The Morgan fingerprint density at radius 1 is 1.43 bits per heavy atom. The van der Waals surface area contributed by atoms with Crippen molar-refractivity contribution in [2.24, 2.45) is 5.90 Å². The van der Waals surface area contributed by atoms with E-state index in [0.717, 1.165) is 5.56 Å². The lowest BCUT2D eigenvalue weighted by Gasteiger charge is -2.11. The first-order chi connectivity index (χ1) is 6.77. The van der Waals surface area contributed by atoms with Gasteiger partial charge in [0.1, 0.15) is 0 Å². The molecule has 1 atom stereocenters. The third-order valence-corrected chi connectivity index (χ3v) is 1.89. The molecule has 0 saturated heterocycles. The summed E-state index contributed by atoms with van der Waals surface area (Å²) in [5.74, 6) is 4.53. The van der Waals surface area contributed by atoms with Gasteiger partial charge in [-0.05, 0) is 5.56 Å². The number of nitrogens with two attached hydrogens (primary N) is 1. The second-order valence-corrected chi connectivity index (χ2v) is 2.84. The summed E-state index contributed by atoms with van der Waals surface area (Å²) in [5, 5.41) is 0. The van der Waals surface area contributed by atoms with Crippen molar-refractivity contribution in [3.8, 4) is 0 Å². The summed E-state index contributed by atoms with van der Waals surface area (Å²) in [7, 11) is 1.30. The number of ether oxygens (including phenoxy) is 1. The van der Waals surface area contributed by atoms with E-state index in [1.807, 2.05) is 30.3 Å². The van der Waals surface area contributed by atoms with Crippen molar-refractivity contribution >= 4 is 5.97 Å². The van der Waals surface area contributed by atoms with Crippen LogP contribution in [0.15, 0.2) is 30.3 Å². The van der Waals surface area contributed by atoms with E-state index in [2.05, 4.69) is 9.57 Å². The zero-order valence-electron chi connectivity index (χ0n) is 7.97. The van der Waals surface area contributed by atoms with Crippen LogP contribution in [0, 0.1) is 0 Å². The number of carbonyl (C=O) groups is 1. The molecule has 0 bridgehead atoms. The van der Waals surface area contributed by atoms with Crippen molar-refractivity contribution in [3.05, 3.63) is 35.9 Å². The highest BCUT2D eigenvalue weighted by atomic mass is 16.6. The highest BCUT2D eigenvalue weighted by Gasteiger charge is 2.19. The molecule has 0 amide bonds. The highest BCUT2D eigenvalue weighted by molar-refractivity contribution is 5.74. The molecule has 4 nitrogen and oxygen atoms in total. The lowest BCUT2D eigenvalue weighted by molar-refractivity contribution is -0.154. The van der Waals surface area contributed by atoms with E-state index in [1.165, 1.54) is 7.11 Å². The molecule has 14 heavy (non-hydrogen) atoms. The van der Waals surface area contributed by atoms with Crippen LogP contribution in [-0.2, 0) is 20.8 Å². The smallest absolute Gasteiger partial charge is 0.337 e. The van der Waals surface area contributed by atoms with E-state index in [1.54, 1.807) is 0 Å². The molecule has 1 rings (SSSR count). The van der Waals surface area contributed by atoms with Gasteiger partial charge in [-0.3, -0.25) is 4.84 Å². The first kappa shape index (κ1) is 10.7. The van der Waals surface area contributed by atoms with Gasteiger partial charge in [0.2, 0.25) is 0 Å². The minimum atomic E-state index is -0.734. The standard InChI is InChI=1S/C10H13NO3/c1-13-10(12)9(14-11)7-8-5-3-2-4-6-8/h2-6,9H,7,11H2,1H3/t9-/m0/s1. The van der Waals surface area contributed by atoms with Crippen LogP contribution in [0.1, 0.15) is 5.56 Å². The summed E-state index contributed by atoms with van der Waals surface area (Å²) in [6.07, 6.45) is -0.313. The average molecular weight is 195 g/mol. The molecule has 0 aliphatic carbocycles. The largest absolute Gasteiger partial charge is 0.467 e. The van der Waals surface area contributed by atoms with Crippen LogP contribution < -0.4 is 5.90 Å². The van der Waals surface area contributed by atoms with E-state index in [0.29, 0.717) is 6.42 Å². The fourth-order valence-corrected chi connectivity index (χ4v) is 1.15. The zero-order chi connectivity index (χ0) is 10.4. The maximum atomic E-state index is 11.1. The molecule has 0 unspecified atom stereocenters. The Morgan fingerprint density at radius 3 is 2.57 bits per heavy atom. The topological polar surface area (TPSA) is 61.5 Å². The first-order valence-corrected chi connectivity index (χ1v) is 4.25. The maximum Gasteiger partial charge on any atom is 0.337 e. The molecular weight excluding hydrogens is 182 g/mol. The second-order valence-electron chi connectivity index (χ2n) is 2.84. The molecular formula is C10H13NO3. The molecule has 1 aromatic carbocycles. The van der Waals surface area contributed by atoms with Gasteiger partial charge in [0.15, 0.2) is 6.10 Å². The lowest BCUT2D eigenvalue weighted by atomic mass is 10.1. The highest BCUT2D eigenvalue weighted by Crippen LogP contribution is 2.05. The van der Waals surface area contributed by atoms with Crippen molar-refractivity contribution in [2.75, 3.05) is 7.11 Å². The van der Waals surface area contributed by atoms with Crippen LogP contribution in [-0.4, -0.2) is 19.2 Å². The monoisotopic (exact) mass is 195 g/mol. The molecule has 2 N–H and O–H groups in total. The first-order valence-electron chi connectivity index (χ1n) is 4.25. The summed E-state index contributed by atoms with van der Waals surface area (Å²) in [5.41, 5.74) is 0.980. The van der Waals surface area contributed by atoms with E-state index in [-0.39, 0.29) is 0 Å². The van der Waals surface area contributed by atoms with Crippen LogP contribution in [0.25, 0.3) is 0 Å². The Hall–Kier alpha value is -1.39. The van der Waals surface area contributed by atoms with Crippen molar-refractivity contribution in [2.45, 2.75) is 12.5 Å². The number of methoxy groups -OCH3 is 1. The summed E-state index contributed by atoms with van der Waals surface area (Å²) in [6, 6.07) is 9.48. The van der Waals surface area contributed by atoms with Gasteiger partial charge in [0.25, 0.3) is 0 Å². The molecule has 76 valence electrons. The van der Waals surface area contributed by atoms with Gasteiger partial charge in [0, 0.05) is 6.42 Å². The predicted octanol–water partition coefficient (Wildman–Crippen LogP) is 0.661. The average Bonchev–Trinajstić information content (AvgIpc) is 2.26. The van der Waals surface area contributed by atoms with Crippen LogP contribution in [0.2, 0.25) is 0 Å². The summed E-state index contributed by atoms with van der Waals surface area (Å²) < 4.78 is 4.53.